The highest BCUT2D eigenvalue weighted by atomic mass is 28.3. The van der Waals surface area contributed by atoms with Crippen LogP contribution in [0, 0.1) is 13.8 Å². The number of rotatable bonds is 7. The molecule has 0 radical (unpaired) electrons. The van der Waals surface area contributed by atoms with Crippen LogP contribution in [-0.4, -0.2) is 14.7 Å². The molecule has 0 atom stereocenters. The molecular formula is C42H44OSi. The maximum absolute atomic E-state index is 6.59. The van der Waals surface area contributed by atoms with Gasteiger partial charge in [0.05, 0.1) is 8.07 Å². The van der Waals surface area contributed by atoms with Crippen LogP contribution < -0.4 is 9.92 Å². The summed E-state index contributed by atoms with van der Waals surface area (Å²) in [6.07, 6.45) is 1.86. The topological polar surface area (TPSA) is 9.23 Å². The van der Waals surface area contributed by atoms with Crippen molar-refractivity contribution in [2.24, 2.45) is 0 Å². The van der Waals surface area contributed by atoms with E-state index in [0.717, 1.165) is 5.75 Å². The number of hydrogen-bond donors (Lipinski definition) is 0. The minimum absolute atomic E-state index is 0.0425. The molecule has 0 amide bonds. The lowest BCUT2D eigenvalue weighted by molar-refractivity contribution is 0.354. The van der Waals surface area contributed by atoms with Gasteiger partial charge in [-0.1, -0.05) is 161 Å². The van der Waals surface area contributed by atoms with E-state index < -0.39 is 8.07 Å². The summed E-state index contributed by atoms with van der Waals surface area (Å²) in [7, 11) is -2.28. The van der Waals surface area contributed by atoms with Crippen molar-refractivity contribution in [3.05, 3.63) is 144 Å². The molecule has 1 aliphatic carbocycles. The Balaban J connectivity index is 1.60. The van der Waals surface area contributed by atoms with E-state index in [1.54, 1.807) is 0 Å². The van der Waals surface area contributed by atoms with Crippen molar-refractivity contribution in [2.45, 2.75) is 58.7 Å². The van der Waals surface area contributed by atoms with Crippen molar-refractivity contribution < 1.29 is 4.74 Å². The number of ether oxygens (including phenoxy) is 1. The lowest BCUT2D eigenvalue weighted by atomic mass is 9.86. The van der Waals surface area contributed by atoms with E-state index in [2.05, 4.69) is 157 Å². The van der Waals surface area contributed by atoms with Gasteiger partial charge in [-0.3, -0.25) is 0 Å². The fourth-order valence-electron chi connectivity index (χ4n) is 7.14. The minimum atomic E-state index is -2.28. The first-order chi connectivity index (χ1) is 21.0. The van der Waals surface area contributed by atoms with Crippen LogP contribution in [-0.2, 0) is 5.41 Å². The standard InChI is InChI=1S/C42H44OSi/c1-9-23-43-40-38(42(4,5)6)17-12-18-39(40)44(7,8)41-36-26-32(30-15-10-13-28(2)24-30)19-21-34(36)35-22-20-33(27-37(35)41)31-16-11-14-29(3)25-31/h9-22,24-27,41H,1,23H2,2-8H3. The number of para-hydroxylation sites is 1. The van der Waals surface area contributed by atoms with Crippen LogP contribution in [0.25, 0.3) is 33.4 Å². The number of fused-ring (bicyclic) bond motifs is 3. The minimum Gasteiger partial charge on any atom is -0.489 e. The van der Waals surface area contributed by atoms with Gasteiger partial charge in [0.1, 0.15) is 12.4 Å². The second-order valence-corrected chi connectivity index (χ2v) is 18.6. The van der Waals surface area contributed by atoms with Gasteiger partial charge < -0.3 is 4.74 Å². The highest BCUT2D eigenvalue weighted by molar-refractivity contribution is 6.92. The predicted molar refractivity (Wildman–Crippen MR) is 192 cm³/mol. The second kappa shape index (κ2) is 11.4. The molecule has 44 heavy (non-hydrogen) atoms. The number of benzene rings is 5. The van der Waals surface area contributed by atoms with Gasteiger partial charge in [0.2, 0.25) is 0 Å². The molecule has 1 aliphatic rings. The third-order valence-corrected chi connectivity index (χ3v) is 13.2. The molecule has 0 spiro atoms. The normalized spacial score (nSPS) is 13.0. The molecule has 6 rings (SSSR count). The van der Waals surface area contributed by atoms with Crippen molar-refractivity contribution in [3.8, 4) is 39.1 Å². The zero-order chi connectivity index (χ0) is 31.2. The van der Waals surface area contributed by atoms with Crippen LogP contribution in [0.2, 0.25) is 13.1 Å². The summed E-state index contributed by atoms with van der Waals surface area (Å²) < 4.78 is 6.59. The predicted octanol–water partition coefficient (Wildman–Crippen LogP) is 10.8. The van der Waals surface area contributed by atoms with Crippen LogP contribution in [0.4, 0.5) is 0 Å². The maximum Gasteiger partial charge on any atom is 0.122 e. The molecular weight excluding hydrogens is 549 g/mol. The molecule has 5 aromatic carbocycles. The van der Waals surface area contributed by atoms with E-state index in [4.69, 9.17) is 4.74 Å². The third-order valence-electron chi connectivity index (χ3n) is 9.30. The second-order valence-electron chi connectivity index (χ2n) is 14.0. The van der Waals surface area contributed by atoms with Gasteiger partial charge in [-0.05, 0) is 74.5 Å². The van der Waals surface area contributed by atoms with Gasteiger partial charge in [-0.15, -0.1) is 0 Å². The third kappa shape index (κ3) is 5.37. The Morgan fingerprint density at radius 2 is 1.18 bits per heavy atom. The Bertz CT molecular complexity index is 1780. The first kappa shape index (κ1) is 29.9. The summed E-state index contributed by atoms with van der Waals surface area (Å²) in [4.78, 5) is 0. The number of hydrogen-bond acceptors (Lipinski definition) is 1. The fourth-order valence-corrected chi connectivity index (χ4v) is 10.8. The summed E-state index contributed by atoms with van der Waals surface area (Å²) in [5, 5.41) is 1.37. The molecule has 0 aliphatic heterocycles. The van der Waals surface area contributed by atoms with E-state index in [0.29, 0.717) is 6.61 Å². The van der Waals surface area contributed by atoms with Crippen LogP contribution in [0.1, 0.15) is 54.1 Å². The lowest BCUT2D eigenvalue weighted by Gasteiger charge is -2.35. The lowest BCUT2D eigenvalue weighted by Crippen LogP contribution is -2.49. The van der Waals surface area contributed by atoms with Crippen LogP contribution in [0.15, 0.2) is 116 Å². The van der Waals surface area contributed by atoms with Gasteiger partial charge in [0.15, 0.2) is 0 Å². The van der Waals surface area contributed by atoms with Gasteiger partial charge in [0.25, 0.3) is 0 Å². The molecule has 1 nitrogen and oxygen atoms in total. The van der Waals surface area contributed by atoms with Gasteiger partial charge in [-0.25, -0.2) is 0 Å². The van der Waals surface area contributed by atoms with Crippen LogP contribution >= 0.6 is 0 Å². The van der Waals surface area contributed by atoms with Crippen molar-refractivity contribution in [2.75, 3.05) is 6.61 Å². The Hall–Kier alpha value is -4.14. The fraction of sp³-hybridized carbons (Fsp3) is 0.238. The van der Waals surface area contributed by atoms with Crippen LogP contribution in [0.5, 0.6) is 5.75 Å². The van der Waals surface area contributed by atoms with Crippen molar-refractivity contribution in [1.82, 2.24) is 0 Å². The Labute approximate surface area is 265 Å². The zero-order valence-corrected chi connectivity index (χ0v) is 28.3. The Morgan fingerprint density at radius 1 is 0.682 bits per heavy atom. The van der Waals surface area contributed by atoms with Gasteiger partial charge in [0, 0.05) is 5.54 Å². The molecule has 0 N–H and O–H groups in total. The molecule has 0 fully saturated rings. The van der Waals surface area contributed by atoms with E-state index >= 15 is 0 Å². The number of aryl methyl sites for hydroxylation is 2. The molecule has 0 unspecified atom stereocenters. The molecule has 0 heterocycles. The van der Waals surface area contributed by atoms with E-state index in [9.17, 15) is 0 Å². The molecule has 0 bridgehead atoms. The summed E-state index contributed by atoms with van der Waals surface area (Å²) in [5.41, 5.74) is 14.7. The smallest absolute Gasteiger partial charge is 0.122 e. The Morgan fingerprint density at radius 3 is 1.66 bits per heavy atom. The van der Waals surface area contributed by atoms with Crippen molar-refractivity contribution in [3.63, 3.8) is 0 Å². The molecule has 222 valence electrons. The molecule has 2 heteroatoms. The monoisotopic (exact) mass is 592 g/mol. The van der Waals surface area contributed by atoms with Gasteiger partial charge >= 0.3 is 0 Å². The van der Waals surface area contributed by atoms with Crippen LogP contribution in [0.3, 0.4) is 0 Å². The zero-order valence-electron chi connectivity index (χ0n) is 27.3. The van der Waals surface area contributed by atoms with Crippen molar-refractivity contribution >= 4 is 13.3 Å². The highest BCUT2D eigenvalue weighted by Crippen LogP contribution is 2.51. The summed E-state index contributed by atoms with van der Waals surface area (Å²) in [5.74, 6) is 1.05. The molecule has 5 aromatic rings. The van der Waals surface area contributed by atoms with Gasteiger partial charge in [-0.2, -0.15) is 0 Å². The highest BCUT2D eigenvalue weighted by Gasteiger charge is 2.44. The molecule has 0 saturated heterocycles. The molecule has 0 aromatic heterocycles. The maximum atomic E-state index is 6.59. The molecule has 0 saturated carbocycles. The summed E-state index contributed by atoms with van der Waals surface area (Å²) in [6, 6.07) is 38.9. The first-order valence-corrected chi connectivity index (χ1v) is 18.9. The summed E-state index contributed by atoms with van der Waals surface area (Å²) in [6.45, 7) is 20.7. The van der Waals surface area contributed by atoms with E-state index in [-0.39, 0.29) is 11.0 Å². The average Bonchev–Trinajstić information content (AvgIpc) is 3.33. The summed E-state index contributed by atoms with van der Waals surface area (Å²) >= 11 is 0. The van der Waals surface area contributed by atoms with Crippen molar-refractivity contribution in [1.29, 1.82) is 0 Å². The Kier molecular flexibility index (Phi) is 7.76. The van der Waals surface area contributed by atoms with E-state index in [1.165, 1.54) is 66.4 Å². The average molecular weight is 593 g/mol. The van der Waals surface area contributed by atoms with E-state index in [1.807, 2.05) is 6.08 Å². The first-order valence-electron chi connectivity index (χ1n) is 15.8. The SMILES string of the molecule is C=CCOc1c(C(C)(C)C)cccc1[Si](C)(C)C1c2cc(-c3cccc(C)c3)ccc2-c2ccc(-c3cccc(C)c3)cc21. The largest absolute Gasteiger partial charge is 0.489 e. The quantitative estimate of drug-likeness (QED) is 0.135.